The van der Waals surface area contributed by atoms with Gasteiger partial charge in [0.15, 0.2) is 0 Å². The van der Waals surface area contributed by atoms with Crippen molar-refractivity contribution in [2.75, 3.05) is 5.32 Å². The first-order valence-corrected chi connectivity index (χ1v) is 6.47. The van der Waals surface area contributed by atoms with Crippen LogP contribution in [-0.2, 0) is 6.54 Å². The summed E-state index contributed by atoms with van der Waals surface area (Å²) < 4.78 is 1.69. The van der Waals surface area contributed by atoms with Crippen LogP contribution in [0.15, 0.2) is 54.6 Å². The third-order valence-electron chi connectivity index (χ3n) is 3.17. The van der Waals surface area contributed by atoms with E-state index in [2.05, 4.69) is 39.9 Å². The standard InChI is InChI=1S/C15H15N5/c1-12-7-5-6-8-13(12)11-16-15-17-18-19-20(15)14-9-3-2-4-10-14/h2-10H,11H2,1H3,(H,16,17,19). The van der Waals surface area contributed by atoms with E-state index in [1.807, 2.05) is 42.5 Å². The minimum atomic E-state index is 0.638. The van der Waals surface area contributed by atoms with Gasteiger partial charge in [0.1, 0.15) is 0 Å². The van der Waals surface area contributed by atoms with Gasteiger partial charge in [-0.25, -0.2) is 0 Å². The smallest absolute Gasteiger partial charge is 0.248 e. The second-order valence-corrected chi connectivity index (χ2v) is 4.53. The van der Waals surface area contributed by atoms with Crippen molar-refractivity contribution >= 4 is 5.95 Å². The summed E-state index contributed by atoms with van der Waals surface area (Å²) in [4.78, 5) is 0. The summed E-state index contributed by atoms with van der Waals surface area (Å²) in [5.74, 6) is 0.638. The molecule has 3 aromatic rings. The molecule has 1 aromatic heterocycles. The fourth-order valence-corrected chi connectivity index (χ4v) is 2.02. The molecule has 0 saturated carbocycles. The average molecular weight is 265 g/mol. The van der Waals surface area contributed by atoms with Gasteiger partial charge in [0.05, 0.1) is 5.69 Å². The maximum atomic E-state index is 4.03. The van der Waals surface area contributed by atoms with Crippen molar-refractivity contribution in [3.63, 3.8) is 0 Å². The number of tetrazole rings is 1. The van der Waals surface area contributed by atoms with Crippen LogP contribution in [0.4, 0.5) is 5.95 Å². The molecular weight excluding hydrogens is 250 g/mol. The van der Waals surface area contributed by atoms with Crippen molar-refractivity contribution in [1.82, 2.24) is 20.2 Å². The highest BCUT2D eigenvalue weighted by Gasteiger charge is 2.07. The lowest BCUT2D eigenvalue weighted by Gasteiger charge is -2.08. The lowest BCUT2D eigenvalue weighted by Crippen LogP contribution is -2.08. The molecule has 5 heteroatoms. The Balaban J connectivity index is 1.80. The van der Waals surface area contributed by atoms with Gasteiger partial charge in [-0.05, 0) is 40.6 Å². The zero-order valence-corrected chi connectivity index (χ0v) is 11.2. The molecule has 20 heavy (non-hydrogen) atoms. The summed E-state index contributed by atoms with van der Waals surface area (Å²) in [6.45, 7) is 2.79. The van der Waals surface area contributed by atoms with Gasteiger partial charge >= 0.3 is 0 Å². The van der Waals surface area contributed by atoms with Gasteiger partial charge in [0.2, 0.25) is 5.95 Å². The average Bonchev–Trinajstić information content (AvgIpc) is 2.96. The summed E-state index contributed by atoms with van der Waals surface area (Å²) in [6.07, 6.45) is 0. The Bertz CT molecular complexity index is 690. The molecular formula is C15H15N5. The molecule has 0 aliphatic rings. The summed E-state index contributed by atoms with van der Waals surface area (Å²) in [5, 5.41) is 15.1. The van der Waals surface area contributed by atoms with Crippen LogP contribution in [0.25, 0.3) is 5.69 Å². The first-order chi connectivity index (χ1) is 9.84. The van der Waals surface area contributed by atoms with E-state index in [1.165, 1.54) is 11.1 Å². The summed E-state index contributed by atoms with van der Waals surface area (Å²) in [6, 6.07) is 18.1. The zero-order valence-electron chi connectivity index (χ0n) is 11.2. The normalized spacial score (nSPS) is 10.4. The number of hydrogen-bond donors (Lipinski definition) is 1. The van der Waals surface area contributed by atoms with Crippen LogP contribution < -0.4 is 5.32 Å². The van der Waals surface area contributed by atoms with Crippen molar-refractivity contribution < 1.29 is 0 Å². The van der Waals surface area contributed by atoms with Crippen LogP contribution in [0.3, 0.4) is 0 Å². The van der Waals surface area contributed by atoms with Crippen LogP contribution in [0, 0.1) is 6.92 Å². The first-order valence-electron chi connectivity index (χ1n) is 6.47. The molecule has 0 amide bonds. The summed E-state index contributed by atoms with van der Waals surface area (Å²) in [5.41, 5.74) is 3.42. The number of aromatic nitrogens is 4. The molecule has 0 radical (unpaired) electrons. The minimum absolute atomic E-state index is 0.638. The lowest BCUT2D eigenvalue weighted by molar-refractivity contribution is 0.789. The molecule has 0 unspecified atom stereocenters. The number of aryl methyl sites for hydroxylation is 1. The molecule has 0 atom stereocenters. The zero-order chi connectivity index (χ0) is 13.8. The summed E-state index contributed by atoms with van der Waals surface area (Å²) in [7, 11) is 0. The Morgan fingerprint density at radius 1 is 1.00 bits per heavy atom. The number of nitrogens with zero attached hydrogens (tertiary/aromatic N) is 4. The van der Waals surface area contributed by atoms with E-state index in [4.69, 9.17) is 0 Å². The molecule has 0 saturated heterocycles. The van der Waals surface area contributed by atoms with E-state index in [1.54, 1.807) is 4.68 Å². The Morgan fingerprint density at radius 2 is 1.75 bits per heavy atom. The Kier molecular flexibility index (Phi) is 3.41. The fourth-order valence-electron chi connectivity index (χ4n) is 2.02. The molecule has 0 fully saturated rings. The monoisotopic (exact) mass is 265 g/mol. The predicted molar refractivity (Wildman–Crippen MR) is 77.7 cm³/mol. The molecule has 0 aliphatic carbocycles. The van der Waals surface area contributed by atoms with E-state index in [9.17, 15) is 0 Å². The molecule has 0 bridgehead atoms. The third-order valence-corrected chi connectivity index (χ3v) is 3.17. The number of anilines is 1. The maximum absolute atomic E-state index is 4.03. The van der Waals surface area contributed by atoms with E-state index < -0.39 is 0 Å². The topological polar surface area (TPSA) is 55.6 Å². The molecule has 0 spiro atoms. The molecule has 5 nitrogen and oxygen atoms in total. The van der Waals surface area contributed by atoms with Crippen LogP contribution >= 0.6 is 0 Å². The predicted octanol–water partition coefficient (Wildman–Crippen LogP) is 2.58. The number of para-hydroxylation sites is 1. The van der Waals surface area contributed by atoms with Crippen LogP contribution in [0.5, 0.6) is 0 Å². The summed E-state index contributed by atoms with van der Waals surface area (Å²) >= 11 is 0. The largest absolute Gasteiger partial charge is 0.349 e. The van der Waals surface area contributed by atoms with E-state index in [-0.39, 0.29) is 0 Å². The number of nitrogens with one attached hydrogen (secondary N) is 1. The minimum Gasteiger partial charge on any atom is -0.349 e. The van der Waals surface area contributed by atoms with Gasteiger partial charge < -0.3 is 5.32 Å². The van der Waals surface area contributed by atoms with Gasteiger partial charge in [0.25, 0.3) is 0 Å². The van der Waals surface area contributed by atoms with Crippen molar-refractivity contribution in [3.05, 3.63) is 65.7 Å². The van der Waals surface area contributed by atoms with Gasteiger partial charge in [-0.1, -0.05) is 47.6 Å². The molecule has 3 rings (SSSR count). The SMILES string of the molecule is Cc1ccccc1CNc1nnnn1-c1ccccc1. The van der Waals surface area contributed by atoms with E-state index in [0.29, 0.717) is 12.5 Å². The number of hydrogen-bond acceptors (Lipinski definition) is 4. The second kappa shape index (κ2) is 5.52. The first kappa shape index (κ1) is 12.3. The fraction of sp³-hybridized carbons (Fsp3) is 0.133. The Morgan fingerprint density at radius 3 is 2.55 bits per heavy atom. The van der Waals surface area contributed by atoms with Gasteiger partial charge in [-0.3, -0.25) is 0 Å². The van der Waals surface area contributed by atoms with Crippen molar-refractivity contribution in [2.45, 2.75) is 13.5 Å². The van der Waals surface area contributed by atoms with Gasteiger partial charge in [-0.2, -0.15) is 4.68 Å². The molecule has 2 aromatic carbocycles. The van der Waals surface area contributed by atoms with Gasteiger partial charge in [0, 0.05) is 6.54 Å². The highest BCUT2D eigenvalue weighted by Crippen LogP contribution is 2.13. The van der Waals surface area contributed by atoms with E-state index >= 15 is 0 Å². The highest BCUT2D eigenvalue weighted by atomic mass is 15.6. The molecule has 1 heterocycles. The van der Waals surface area contributed by atoms with E-state index in [0.717, 1.165) is 5.69 Å². The quantitative estimate of drug-likeness (QED) is 0.787. The Hall–Kier alpha value is -2.69. The van der Waals surface area contributed by atoms with Crippen molar-refractivity contribution in [1.29, 1.82) is 0 Å². The number of benzene rings is 2. The lowest BCUT2D eigenvalue weighted by atomic mass is 10.1. The molecule has 100 valence electrons. The molecule has 0 aliphatic heterocycles. The number of rotatable bonds is 4. The Labute approximate surface area is 117 Å². The third kappa shape index (κ3) is 2.51. The van der Waals surface area contributed by atoms with Crippen LogP contribution in [0.1, 0.15) is 11.1 Å². The maximum Gasteiger partial charge on any atom is 0.248 e. The second-order valence-electron chi connectivity index (χ2n) is 4.53. The molecule has 1 N–H and O–H groups in total. The van der Waals surface area contributed by atoms with Crippen LogP contribution in [0.2, 0.25) is 0 Å². The van der Waals surface area contributed by atoms with Crippen LogP contribution in [-0.4, -0.2) is 20.2 Å². The van der Waals surface area contributed by atoms with Crippen molar-refractivity contribution in [3.8, 4) is 5.69 Å². The van der Waals surface area contributed by atoms with Crippen molar-refractivity contribution in [2.24, 2.45) is 0 Å². The van der Waals surface area contributed by atoms with Gasteiger partial charge in [-0.15, -0.1) is 0 Å². The highest BCUT2D eigenvalue weighted by molar-refractivity contribution is 5.39.